The standard InChI is InChI=1S/C16H19FN2O2/c1-10-9-11(17)4-7-13(10)16(21)19-8-2-3-14(19)15(20)18-12-5-6-12/h4,7,9,12,14H,2-3,5-6,8H2,1H3,(H,18,20). The van der Waals surface area contributed by atoms with E-state index in [0.717, 1.165) is 19.3 Å². The van der Waals surface area contributed by atoms with E-state index in [0.29, 0.717) is 30.1 Å². The van der Waals surface area contributed by atoms with E-state index in [1.165, 1.54) is 18.2 Å². The summed E-state index contributed by atoms with van der Waals surface area (Å²) in [4.78, 5) is 26.5. The van der Waals surface area contributed by atoms with Gasteiger partial charge in [0.1, 0.15) is 11.9 Å². The number of hydrogen-bond donors (Lipinski definition) is 1. The largest absolute Gasteiger partial charge is 0.352 e. The van der Waals surface area contributed by atoms with Gasteiger partial charge in [0.15, 0.2) is 0 Å². The first kappa shape index (κ1) is 14.0. The zero-order valence-electron chi connectivity index (χ0n) is 12.1. The molecule has 4 nitrogen and oxygen atoms in total. The third kappa shape index (κ3) is 2.91. The highest BCUT2D eigenvalue weighted by Gasteiger charge is 2.37. The normalized spacial score (nSPS) is 21.4. The van der Waals surface area contributed by atoms with Crippen molar-refractivity contribution in [2.24, 2.45) is 0 Å². The number of nitrogens with zero attached hydrogens (tertiary/aromatic N) is 1. The average molecular weight is 290 g/mol. The molecule has 112 valence electrons. The average Bonchev–Trinajstić information content (AvgIpc) is 3.11. The van der Waals surface area contributed by atoms with Crippen molar-refractivity contribution in [2.75, 3.05) is 6.54 Å². The molecule has 1 aliphatic carbocycles. The molecule has 1 aromatic carbocycles. The van der Waals surface area contributed by atoms with Crippen LogP contribution < -0.4 is 5.32 Å². The van der Waals surface area contributed by atoms with Crippen molar-refractivity contribution in [2.45, 2.75) is 44.7 Å². The molecule has 1 heterocycles. The van der Waals surface area contributed by atoms with Gasteiger partial charge in [-0.2, -0.15) is 0 Å². The van der Waals surface area contributed by atoms with Crippen molar-refractivity contribution in [3.8, 4) is 0 Å². The molecule has 0 radical (unpaired) electrons. The highest BCUT2D eigenvalue weighted by molar-refractivity contribution is 5.99. The first-order valence-corrected chi connectivity index (χ1v) is 7.44. The predicted molar refractivity (Wildman–Crippen MR) is 76.4 cm³/mol. The molecule has 5 heteroatoms. The lowest BCUT2D eigenvalue weighted by molar-refractivity contribution is -0.125. The molecule has 2 fully saturated rings. The Balaban J connectivity index is 1.77. The molecule has 1 atom stereocenters. The van der Waals surface area contributed by atoms with Gasteiger partial charge in [-0.25, -0.2) is 4.39 Å². The summed E-state index contributed by atoms with van der Waals surface area (Å²) in [6, 6.07) is 4.05. The van der Waals surface area contributed by atoms with Crippen LogP contribution in [0.5, 0.6) is 0 Å². The number of aryl methyl sites for hydroxylation is 1. The summed E-state index contributed by atoms with van der Waals surface area (Å²) < 4.78 is 13.2. The van der Waals surface area contributed by atoms with Crippen LogP contribution >= 0.6 is 0 Å². The monoisotopic (exact) mass is 290 g/mol. The fraction of sp³-hybridized carbons (Fsp3) is 0.500. The van der Waals surface area contributed by atoms with E-state index in [-0.39, 0.29) is 23.7 Å². The second kappa shape index (κ2) is 5.47. The van der Waals surface area contributed by atoms with E-state index in [2.05, 4.69) is 5.32 Å². The smallest absolute Gasteiger partial charge is 0.254 e. The van der Waals surface area contributed by atoms with Gasteiger partial charge in [0.25, 0.3) is 5.91 Å². The maximum atomic E-state index is 13.2. The van der Waals surface area contributed by atoms with E-state index in [9.17, 15) is 14.0 Å². The molecule has 2 amide bonds. The van der Waals surface area contributed by atoms with Crippen molar-refractivity contribution in [3.63, 3.8) is 0 Å². The number of benzene rings is 1. The SMILES string of the molecule is Cc1cc(F)ccc1C(=O)N1CCCC1C(=O)NC1CC1. The number of hydrogen-bond acceptors (Lipinski definition) is 2. The Hall–Kier alpha value is -1.91. The Morgan fingerprint density at radius 3 is 2.71 bits per heavy atom. The number of amides is 2. The van der Waals surface area contributed by atoms with Crippen LogP contribution in [-0.4, -0.2) is 35.3 Å². The topological polar surface area (TPSA) is 49.4 Å². The first-order chi connectivity index (χ1) is 10.1. The summed E-state index contributed by atoms with van der Waals surface area (Å²) >= 11 is 0. The van der Waals surface area contributed by atoms with Crippen LogP contribution in [0, 0.1) is 12.7 Å². The summed E-state index contributed by atoms with van der Waals surface area (Å²) in [5, 5.41) is 2.96. The van der Waals surface area contributed by atoms with Crippen LogP contribution in [-0.2, 0) is 4.79 Å². The van der Waals surface area contributed by atoms with Gasteiger partial charge in [-0.1, -0.05) is 0 Å². The van der Waals surface area contributed by atoms with Gasteiger partial charge >= 0.3 is 0 Å². The summed E-state index contributed by atoms with van der Waals surface area (Å²) in [6.07, 6.45) is 3.59. The van der Waals surface area contributed by atoms with Crippen molar-refractivity contribution < 1.29 is 14.0 Å². The molecule has 21 heavy (non-hydrogen) atoms. The van der Waals surface area contributed by atoms with E-state index in [4.69, 9.17) is 0 Å². The zero-order chi connectivity index (χ0) is 15.0. The number of carbonyl (C=O) groups excluding carboxylic acids is 2. The minimum absolute atomic E-state index is 0.0527. The molecule has 2 aliphatic rings. The Morgan fingerprint density at radius 2 is 2.05 bits per heavy atom. The molecule has 1 aliphatic heterocycles. The minimum Gasteiger partial charge on any atom is -0.352 e. The van der Waals surface area contributed by atoms with Crippen molar-refractivity contribution in [3.05, 3.63) is 35.1 Å². The third-order valence-corrected chi connectivity index (χ3v) is 4.16. The molecule has 1 aromatic rings. The molecule has 1 unspecified atom stereocenters. The minimum atomic E-state index is -0.387. The van der Waals surface area contributed by atoms with Crippen LogP contribution in [0.2, 0.25) is 0 Å². The first-order valence-electron chi connectivity index (χ1n) is 7.44. The molecule has 1 saturated heterocycles. The Bertz CT molecular complexity index is 584. The molecule has 0 spiro atoms. The molecule has 3 rings (SSSR count). The molecule has 1 saturated carbocycles. The van der Waals surface area contributed by atoms with E-state index >= 15 is 0 Å². The van der Waals surface area contributed by atoms with Crippen LogP contribution in [0.25, 0.3) is 0 Å². The van der Waals surface area contributed by atoms with Crippen molar-refractivity contribution >= 4 is 11.8 Å². The van der Waals surface area contributed by atoms with Crippen LogP contribution in [0.15, 0.2) is 18.2 Å². The lowest BCUT2D eigenvalue weighted by Crippen LogP contribution is -2.46. The second-order valence-electron chi connectivity index (χ2n) is 5.90. The lowest BCUT2D eigenvalue weighted by atomic mass is 10.1. The van der Waals surface area contributed by atoms with Crippen LogP contribution in [0.3, 0.4) is 0 Å². The van der Waals surface area contributed by atoms with E-state index in [1.807, 2.05) is 0 Å². The van der Waals surface area contributed by atoms with Gasteiger partial charge in [0.2, 0.25) is 5.91 Å². The Morgan fingerprint density at radius 1 is 1.29 bits per heavy atom. The molecular formula is C16H19FN2O2. The van der Waals surface area contributed by atoms with Gasteiger partial charge < -0.3 is 10.2 Å². The van der Waals surface area contributed by atoms with Gasteiger partial charge in [-0.15, -0.1) is 0 Å². The van der Waals surface area contributed by atoms with Gasteiger partial charge in [0.05, 0.1) is 0 Å². The predicted octanol–water partition coefficient (Wildman–Crippen LogP) is 2.02. The summed E-state index contributed by atoms with van der Waals surface area (Å²) in [5.41, 5.74) is 1.08. The number of rotatable bonds is 3. The maximum Gasteiger partial charge on any atom is 0.254 e. The lowest BCUT2D eigenvalue weighted by Gasteiger charge is -2.24. The molecular weight excluding hydrogens is 271 g/mol. The van der Waals surface area contributed by atoms with Crippen molar-refractivity contribution in [1.82, 2.24) is 10.2 Å². The third-order valence-electron chi connectivity index (χ3n) is 4.16. The zero-order valence-corrected chi connectivity index (χ0v) is 12.1. The highest BCUT2D eigenvalue weighted by Crippen LogP contribution is 2.24. The van der Waals surface area contributed by atoms with Gasteiger partial charge in [-0.3, -0.25) is 9.59 Å². The number of halogens is 1. The van der Waals surface area contributed by atoms with Gasteiger partial charge in [-0.05, 0) is 56.4 Å². The van der Waals surface area contributed by atoms with Gasteiger partial charge in [0, 0.05) is 18.2 Å². The van der Waals surface area contributed by atoms with Crippen molar-refractivity contribution in [1.29, 1.82) is 0 Å². The summed E-state index contributed by atoms with van der Waals surface area (Å²) in [7, 11) is 0. The number of likely N-dealkylation sites (tertiary alicyclic amines) is 1. The van der Waals surface area contributed by atoms with Crippen LogP contribution in [0.4, 0.5) is 4.39 Å². The highest BCUT2D eigenvalue weighted by atomic mass is 19.1. The Labute approximate surface area is 123 Å². The van der Waals surface area contributed by atoms with Crippen LogP contribution in [0.1, 0.15) is 41.6 Å². The number of carbonyl (C=O) groups is 2. The molecule has 1 N–H and O–H groups in total. The summed E-state index contributed by atoms with van der Waals surface area (Å²) in [6.45, 7) is 2.30. The molecule has 0 bridgehead atoms. The maximum absolute atomic E-state index is 13.2. The molecule has 0 aromatic heterocycles. The fourth-order valence-electron chi connectivity index (χ4n) is 2.83. The number of nitrogens with one attached hydrogen (secondary N) is 1. The van der Waals surface area contributed by atoms with E-state index in [1.54, 1.807) is 11.8 Å². The quantitative estimate of drug-likeness (QED) is 0.926. The van der Waals surface area contributed by atoms with E-state index < -0.39 is 0 Å². The summed E-state index contributed by atoms with van der Waals surface area (Å²) in [5.74, 6) is -0.586. The fourth-order valence-corrected chi connectivity index (χ4v) is 2.83. The second-order valence-corrected chi connectivity index (χ2v) is 5.90. The Kier molecular flexibility index (Phi) is 3.66.